The summed E-state index contributed by atoms with van der Waals surface area (Å²) in [7, 11) is -3.57. The van der Waals surface area contributed by atoms with E-state index in [1.54, 1.807) is 0 Å². The smallest absolute Gasteiger partial charge is 0.396 e. The van der Waals surface area contributed by atoms with Crippen LogP contribution in [0.25, 0.3) is 0 Å². The summed E-state index contributed by atoms with van der Waals surface area (Å²) in [6.07, 6.45) is -12.2. The quantitative estimate of drug-likeness (QED) is 0.530. The van der Waals surface area contributed by atoms with Gasteiger partial charge in [-0.1, -0.05) is 18.2 Å². The van der Waals surface area contributed by atoms with Crippen LogP contribution in [-0.2, 0) is 31.4 Å². The maximum Gasteiger partial charge on any atom is 0.407 e. The fourth-order valence-corrected chi connectivity index (χ4v) is 5.04. The van der Waals surface area contributed by atoms with E-state index in [9.17, 15) is 44.3 Å². The van der Waals surface area contributed by atoms with Crippen molar-refractivity contribution < 1.29 is 49.5 Å². The lowest BCUT2D eigenvalue weighted by atomic mass is 9.76. The molecule has 0 spiro atoms. The molecule has 1 aliphatic heterocycles. The fourth-order valence-electron chi connectivity index (χ4n) is 4.37. The molecule has 0 saturated carbocycles. The number of rotatable bonds is 6. The SMILES string of the molecule is CC(=O)N1Cc2cc(S(C)(=O)=O)ccc2C1C(=O)Nc1ccc(C(CCO)(C(F)(F)F)C(F)(F)F)cc1. The molecule has 0 aromatic heterocycles. The summed E-state index contributed by atoms with van der Waals surface area (Å²) in [6, 6.07) is 5.61. The van der Waals surface area contributed by atoms with Crippen molar-refractivity contribution >= 4 is 27.3 Å². The highest BCUT2D eigenvalue weighted by molar-refractivity contribution is 7.90. The number of amides is 2. The molecule has 7 nitrogen and oxygen atoms in total. The predicted octanol–water partition coefficient (Wildman–Crippen LogP) is 3.88. The lowest BCUT2D eigenvalue weighted by molar-refractivity contribution is -0.306. The number of sulfone groups is 1. The minimum absolute atomic E-state index is 0.0212. The molecular weight excluding hydrogens is 530 g/mol. The van der Waals surface area contributed by atoms with Crippen molar-refractivity contribution in [2.24, 2.45) is 0 Å². The van der Waals surface area contributed by atoms with Crippen molar-refractivity contribution in [2.75, 3.05) is 18.2 Å². The average Bonchev–Trinajstić information content (AvgIpc) is 3.15. The summed E-state index contributed by atoms with van der Waals surface area (Å²) in [5.74, 6) is -1.32. The minimum Gasteiger partial charge on any atom is -0.396 e. The van der Waals surface area contributed by atoms with Crippen molar-refractivity contribution in [3.8, 4) is 0 Å². The molecule has 1 aliphatic rings. The Labute approximate surface area is 208 Å². The second kappa shape index (κ2) is 9.63. The number of halogens is 6. The van der Waals surface area contributed by atoms with E-state index in [4.69, 9.17) is 5.11 Å². The molecule has 14 heteroatoms. The monoisotopic (exact) mass is 552 g/mol. The first-order valence-corrected chi connectivity index (χ1v) is 12.6. The number of fused-ring (bicyclic) bond motifs is 1. The van der Waals surface area contributed by atoms with E-state index in [0.29, 0.717) is 23.3 Å². The van der Waals surface area contributed by atoms with Crippen LogP contribution in [0.15, 0.2) is 47.4 Å². The summed E-state index contributed by atoms with van der Waals surface area (Å²) in [5, 5.41) is 11.4. The zero-order valence-corrected chi connectivity index (χ0v) is 20.3. The fraction of sp³-hybridized carbons (Fsp3) is 0.391. The van der Waals surface area contributed by atoms with E-state index < -0.39 is 64.1 Å². The number of anilines is 1. The topological polar surface area (TPSA) is 104 Å². The average molecular weight is 552 g/mol. The summed E-state index contributed by atoms with van der Waals surface area (Å²) >= 11 is 0. The molecule has 37 heavy (non-hydrogen) atoms. The molecule has 2 N–H and O–H groups in total. The first-order valence-electron chi connectivity index (χ1n) is 10.7. The Bertz CT molecular complexity index is 1290. The highest BCUT2D eigenvalue weighted by Crippen LogP contribution is 2.54. The third-order valence-corrected chi connectivity index (χ3v) is 7.35. The molecule has 0 saturated heterocycles. The van der Waals surface area contributed by atoms with Crippen LogP contribution in [0.2, 0.25) is 0 Å². The third kappa shape index (κ3) is 5.17. The molecule has 2 amide bonds. The Morgan fingerprint density at radius 3 is 2.05 bits per heavy atom. The Kier molecular flexibility index (Phi) is 7.41. The van der Waals surface area contributed by atoms with Crippen LogP contribution < -0.4 is 5.32 Å². The maximum atomic E-state index is 13.6. The van der Waals surface area contributed by atoms with Crippen molar-refractivity contribution in [2.45, 2.75) is 48.6 Å². The Hall–Kier alpha value is -3.13. The van der Waals surface area contributed by atoms with Gasteiger partial charge in [0.2, 0.25) is 5.91 Å². The van der Waals surface area contributed by atoms with Gasteiger partial charge in [-0.2, -0.15) is 26.3 Å². The van der Waals surface area contributed by atoms with Gasteiger partial charge in [0.05, 0.1) is 4.90 Å². The second-order valence-electron chi connectivity index (χ2n) is 8.62. The van der Waals surface area contributed by atoms with Crippen LogP contribution in [0.3, 0.4) is 0 Å². The van der Waals surface area contributed by atoms with Gasteiger partial charge in [0.25, 0.3) is 5.91 Å². The van der Waals surface area contributed by atoms with Gasteiger partial charge in [0.1, 0.15) is 6.04 Å². The molecule has 1 heterocycles. The first-order chi connectivity index (χ1) is 16.9. The summed E-state index contributed by atoms with van der Waals surface area (Å²) in [5.41, 5.74) is -4.89. The number of aliphatic hydroxyl groups excluding tert-OH is 1. The van der Waals surface area contributed by atoms with E-state index in [1.165, 1.54) is 25.1 Å². The Morgan fingerprint density at radius 2 is 1.59 bits per heavy atom. The van der Waals surface area contributed by atoms with Gasteiger partial charge in [0.15, 0.2) is 15.3 Å². The minimum atomic E-state index is -5.76. The molecule has 1 atom stereocenters. The van der Waals surface area contributed by atoms with E-state index >= 15 is 0 Å². The van der Waals surface area contributed by atoms with Crippen molar-refractivity contribution in [1.82, 2.24) is 4.90 Å². The van der Waals surface area contributed by atoms with Gasteiger partial charge in [-0.15, -0.1) is 0 Å². The molecule has 0 fully saturated rings. The number of carbonyl (C=O) groups is 2. The molecule has 0 aliphatic carbocycles. The molecule has 0 radical (unpaired) electrons. The number of hydrogen-bond donors (Lipinski definition) is 2. The molecule has 3 rings (SSSR count). The standard InChI is InChI=1S/C23H22F6N2O5S/c1-13(33)31-12-14-11-17(37(2,35)36)7-8-18(14)19(31)20(34)30-16-5-3-15(4-6-16)21(9-10-32,22(24,25)26)23(27,28)29/h3-8,11,19,32H,9-10,12H2,1-2H3,(H,30,34). The number of nitrogens with one attached hydrogen (secondary N) is 1. The van der Waals surface area contributed by atoms with Gasteiger partial charge >= 0.3 is 12.4 Å². The zero-order valence-electron chi connectivity index (χ0n) is 19.4. The van der Waals surface area contributed by atoms with Crippen LogP contribution in [0.1, 0.15) is 36.1 Å². The highest BCUT2D eigenvalue weighted by Gasteiger charge is 2.70. The van der Waals surface area contributed by atoms with Gasteiger partial charge in [0, 0.05) is 32.0 Å². The predicted molar refractivity (Wildman–Crippen MR) is 119 cm³/mol. The maximum absolute atomic E-state index is 13.6. The molecule has 0 bridgehead atoms. The number of alkyl halides is 6. The normalized spacial score (nSPS) is 16.5. The van der Waals surface area contributed by atoms with Gasteiger partial charge < -0.3 is 15.3 Å². The highest BCUT2D eigenvalue weighted by atomic mass is 32.2. The van der Waals surface area contributed by atoms with Crippen LogP contribution in [0, 0.1) is 0 Å². The first kappa shape index (κ1) is 28.4. The number of carbonyl (C=O) groups excluding carboxylic acids is 2. The molecular formula is C23H22F6N2O5S. The number of aliphatic hydroxyl groups is 1. The zero-order chi connectivity index (χ0) is 28.0. The lowest BCUT2D eigenvalue weighted by Crippen LogP contribution is -2.54. The third-order valence-electron chi connectivity index (χ3n) is 6.24. The van der Waals surface area contributed by atoms with Crippen molar-refractivity contribution in [3.05, 3.63) is 59.2 Å². The summed E-state index contributed by atoms with van der Waals surface area (Å²) in [6.45, 7) is -0.264. The van der Waals surface area contributed by atoms with Crippen LogP contribution in [-0.4, -0.2) is 55.5 Å². The molecule has 202 valence electrons. The Balaban J connectivity index is 1.95. The molecule has 2 aromatic carbocycles. The van der Waals surface area contributed by atoms with E-state index in [2.05, 4.69) is 5.32 Å². The van der Waals surface area contributed by atoms with Crippen molar-refractivity contribution in [3.63, 3.8) is 0 Å². The number of nitrogens with zero attached hydrogens (tertiary/aromatic N) is 1. The van der Waals surface area contributed by atoms with Crippen LogP contribution in [0.4, 0.5) is 32.0 Å². The summed E-state index contributed by atoms with van der Waals surface area (Å²) < 4.78 is 106. The van der Waals surface area contributed by atoms with E-state index in [0.717, 1.165) is 23.3 Å². The number of hydrogen-bond acceptors (Lipinski definition) is 5. The van der Waals surface area contributed by atoms with Crippen molar-refractivity contribution in [1.29, 1.82) is 0 Å². The van der Waals surface area contributed by atoms with Gasteiger partial charge in [-0.05, 0) is 47.4 Å². The van der Waals surface area contributed by atoms with Gasteiger partial charge in [-0.25, -0.2) is 8.42 Å². The summed E-state index contributed by atoms with van der Waals surface area (Å²) in [4.78, 5) is 26.4. The number of benzene rings is 2. The molecule has 2 aromatic rings. The van der Waals surface area contributed by atoms with Crippen LogP contribution >= 0.6 is 0 Å². The van der Waals surface area contributed by atoms with E-state index in [-0.39, 0.29) is 17.1 Å². The van der Waals surface area contributed by atoms with E-state index in [1.807, 2.05) is 0 Å². The van der Waals surface area contributed by atoms with Crippen LogP contribution in [0.5, 0.6) is 0 Å². The van der Waals surface area contributed by atoms with Gasteiger partial charge in [-0.3, -0.25) is 9.59 Å². The lowest BCUT2D eigenvalue weighted by Gasteiger charge is -2.37. The largest absolute Gasteiger partial charge is 0.407 e. The Morgan fingerprint density at radius 1 is 1.03 bits per heavy atom. The molecule has 1 unspecified atom stereocenters. The second-order valence-corrected chi connectivity index (χ2v) is 10.6.